The lowest BCUT2D eigenvalue weighted by atomic mass is 9.75. The maximum absolute atomic E-state index is 13.5. The largest absolute Gasteiger partial charge is 0.433 e. The normalized spacial score (nSPS) is 15.7. The molecule has 1 aromatic carbocycles. The summed E-state index contributed by atoms with van der Waals surface area (Å²) in [6.07, 6.45) is -2.07. The van der Waals surface area contributed by atoms with Crippen molar-refractivity contribution in [3.63, 3.8) is 0 Å². The average molecular weight is 457 g/mol. The van der Waals surface area contributed by atoms with Crippen molar-refractivity contribution in [2.75, 3.05) is 19.8 Å². The number of aryl methyl sites for hydroxylation is 1. The number of halogens is 3. The summed E-state index contributed by atoms with van der Waals surface area (Å²) in [6, 6.07) is 8.73. The van der Waals surface area contributed by atoms with Gasteiger partial charge in [0.25, 0.3) is 0 Å². The second-order valence-electron chi connectivity index (χ2n) is 8.37. The predicted octanol–water partition coefficient (Wildman–Crippen LogP) is 2.78. The van der Waals surface area contributed by atoms with Crippen molar-refractivity contribution in [2.24, 2.45) is 12.8 Å². The fourth-order valence-corrected chi connectivity index (χ4v) is 4.25. The summed E-state index contributed by atoms with van der Waals surface area (Å²) in [6.45, 7) is 1.22. The molecule has 0 spiro atoms. The Balaban J connectivity index is 1.59. The van der Waals surface area contributed by atoms with Gasteiger partial charge in [0.15, 0.2) is 0 Å². The van der Waals surface area contributed by atoms with Crippen LogP contribution in [0.25, 0.3) is 22.2 Å². The van der Waals surface area contributed by atoms with E-state index in [9.17, 15) is 13.2 Å². The van der Waals surface area contributed by atoms with Crippen LogP contribution in [-0.4, -0.2) is 49.7 Å². The second kappa shape index (κ2) is 7.92. The van der Waals surface area contributed by atoms with Crippen LogP contribution in [0.5, 0.6) is 0 Å². The number of hydrogen-bond donors (Lipinski definition) is 2. The van der Waals surface area contributed by atoms with Crippen molar-refractivity contribution in [3.8, 4) is 11.3 Å². The van der Waals surface area contributed by atoms with E-state index in [1.807, 2.05) is 35.9 Å². The van der Waals surface area contributed by atoms with Crippen molar-refractivity contribution in [1.82, 2.24) is 29.9 Å². The van der Waals surface area contributed by atoms with Crippen molar-refractivity contribution in [1.29, 1.82) is 0 Å². The fraction of sp³-hybridized carbons (Fsp3) is 0.364. The first-order valence-corrected chi connectivity index (χ1v) is 10.5. The SMILES string of the molecule is Cn1cnnc1CC1(c2cccc(-c3n[nH]c4c(CCN)nc(C(F)(F)F)cc34)c2)COC1. The minimum atomic E-state index is -4.57. The molecule has 0 radical (unpaired) electrons. The number of aromatic amines is 1. The van der Waals surface area contributed by atoms with Crippen LogP contribution in [0, 0.1) is 0 Å². The fourth-order valence-electron chi connectivity index (χ4n) is 4.25. The molecule has 11 heteroatoms. The molecule has 8 nitrogen and oxygen atoms in total. The molecule has 4 aromatic rings. The highest BCUT2D eigenvalue weighted by atomic mass is 19.4. The molecule has 0 bridgehead atoms. The molecule has 3 aromatic heterocycles. The Bertz CT molecular complexity index is 1310. The van der Waals surface area contributed by atoms with Crippen LogP contribution in [-0.2, 0) is 36.2 Å². The summed E-state index contributed by atoms with van der Waals surface area (Å²) in [5.74, 6) is 0.834. The van der Waals surface area contributed by atoms with Crippen LogP contribution in [0.15, 0.2) is 36.7 Å². The van der Waals surface area contributed by atoms with E-state index in [4.69, 9.17) is 10.5 Å². The molecule has 172 valence electrons. The number of pyridine rings is 1. The molecular weight excluding hydrogens is 435 g/mol. The number of rotatable bonds is 6. The van der Waals surface area contributed by atoms with Gasteiger partial charge >= 0.3 is 6.18 Å². The van der Waals surface area contributed by atoms with Gasteiger partial charge in [-0.1, -0.05) is 18.2 Å². The highest BCUT2D eigenvalue weighted by Crippen LogP contribution is 2.39. The van der Waals surface area contributed by atoms with E-state index >= 15 is 0 Å². The maximum Gasteiger partial charge on any atom is 0.433 e. The van der Waals surface area contributed by atoms with Crippen LogP contribution >= 0.6 is 0 Å². The summed E-state index contributed by atoms with van der Waals surface area (Å²) in [4.78, 5) is 3.79. The van der Waals surface area contributed by atoms with E-state index < -0.39 is 11.9 Å². The average Bonchev–Trinajstić information content (AvgIpc) is 3.36. The van der Waals surface area contributed by atoms with Gasteiger partial charge in [0, 0.05) is 36.3 Å². The third-order valence-corrected chi connectivity index (χ3v) is 6.11. The van der Waals surface area contributed by atoms with Crippen LogP contribution in [0.2, 0.25) is 0 Å². The zero-order chi connectivity index (χ0) is 23.2. The Hall–Kier alpha value is -3.31. The standard InChI is InChI=1S/C22H22F3N7O/c1-32-12-27-29-18(32)9-21(10-33-11-21)14-4-2-3-13(7-14)19-15-8-17(22(23,24)25)28-16(5-6-26)20(15)31-30-19/h2-4,7-8,12H,5-6,9-11,26H2,1H3,(H,30,31). The molecule has 0 aliphatic carbocycles. The number of nitrogens with zero attached hydrogens (tertiary/aromatic N) is 5. The zero-order valence-electron chi connectivity index (χ0n) is 17.9. The summed E-state index contributed by atoms with van der Waals surface area (Å²) in [7, 11) is 1.89. The number of fused-ring (bicyclic) bond motifs is 1. The number of aromatic nitrogens is 6. The lowest BCUT2D eigenvalue weighted by Crippen LogP contribution is -2.49. The Morgan fingerprint density at radius 2 is 2.06 bits per heavy atom. The summed E-state index contributed by atoms with van der Waals surface area (Å²) < 4.78 is 48.0. The number of H-pyrrole nitrogens is 1. The third-order valence-electron chi connectivity index (χ3n) is 6.11. The molecule has 0 atom stereocenters. The Morgan fingerprint density at radius 1 is 1.24 bits per heavy atom. The predicted molar refractivity (Wildman–Crippen MR) is 114 cm³/mol. The Kier molecular flexibility index (Phi) is 5.17. The zero-order valence-corrected chi connectivity index (χ0v) is 17.9. The van der Waals surface area contributed by atoms with Gasteiger partial charge in [-0.25, -0.2) is 4.98 Å². The van der Waals surface area contributed by atoms with Gasteiger partial charge in [-0.15, -0.1) is 10.2 Å². The van der Waals surface area contributed by atoms with E-state index in [1.165, 1.54) is 0 Å². The van der Waals surface area contributed by atoms with E-state index in [0.29, 0.717) is 41.8 Å². The van der Waals surface area contributed by atoms with E-state index in [1.54, 1.807) is 6.33 Å². The lowest BCUT2D eigenvalue weighted by molar-refractivity contribution is -0.141. The molecule has 1 saturated heterocycles. The quantitative estimate of drug-likeness (QED) is 0.461. The Labute approximate surface area is 187 Å². The second-order valence-corrected chi connectivity index (χ2v) is 8.37. The first kappa shape index (κ1) is 21.5. The van der Waals surface area contributed by atoms with Gasteiger partial charge in [0.1, 0.15) is 23.5 Å². The van der Waals surface area contributed by atoms with Crippen LogP contribution in [0.3, 0.4) is 0 Å². The van der Waals surface area contributed by atoms with Gasteiger partial charge in [-0.2, -0.15) is 18.3 Å². The molecule has 33 heavy (non-hydrogen) atoms. The summed E-state index contributed by atoms with van der Waals surface area (Å²) >= 11 is 0. The van der Waals surface area contributed by atoms with Gasteiger partial charge in [0.2, 0.25) is 0 Å². The van der Waals surface area contributed by atoms with Crippen molar-refractivity contribution < 1.29 is 17.9 Å². The van der Waals surface area contributed by atoms with Crippen molar-refractivity contribution in [2.45, 2.75) is 24.4 Å². The number of ether oxygens (including phenoxy) is 1. The van der Waals surface area contributed by atoms with E-state index in [2.05, 4.69) is 25.4 Å². The molecule has 1 fully saturated rings. The van der Waals surface area contributed by atoms with Gasteiger partial charge in [-0.3, -0.25) is 5.10 Å². The van der Waals surface area contributed by atoms with Gasteiger partial charge in [-0.05, 0) is 24.2 Å². The molecule has 0 amide bonds. The minimum Gasteiger partial charge on any atom is -0.379 e. The van der Waals surface area contributed by atoms with Crippen molar-refractivity contribution >= 4 is 10.9 Å². The van der Waals surface area contributed by atoms with Crippen LogP contribution < -0.4 is 5.73 Å². The topological polar surface area (TPSA) is 108 Å². The highest BCUT2D eigenvalue weighted by molar-refractivity contribution is 5.94. The number of nitrogens with one attached hydrogen (secondary N) is 1. The number of nitrogens with two attached hydrogens (primary N) is 1. The molecule has 4 heterocycles. The van der Waals surface area contributed by atoms with Crippen LogP contribution in [0.1, 0.15) is 22.8 Å². The first-order valence-electron chi connectivity index (χ1n) is 10.5. The smallest absolute Gasteiger partial charge is 0.379 e. The van der Waals surface area contributed by atoms with Crippen molar-refractivity contribution in [3.05, 3.63) is 59.4 Å². The summed E-state index contributed by atoms with van der Waals surface area (Å²) in [5, 5.41) is 15.7. The third kappa shape index (κ3) is 3.76. The highest BCUT2D eigenvalue weighted by Gasteiger charge is 2.42. The molecule has 3 N–H and O–H groups in total. The molecular formula is C22H22F3N7O. The first-order chi connectivity index (χ1) is 15.8. The number of alkyl halides is 3. The number of hydrogen-bond acceptors (Lipinski definition) is 6. The molecule has 5 rings (SSSR count). The summed E-state index contributed by atoms with van der Waals surface area (Å²) in [5.41, 5.74) is 7.24. The lowest BCUT2D eigenvalue weighted by Gasteiger charge is -2.41. The number of benzene rings is 1. The minimum absolute atomic E-state index is 0.178. The van der Waals surface area contributed by atoms with E-state index in [-0.39, 0.29) is 24.1 Å². The van der Waals surface area contributed by atoms with Crippen LogP contribution in [0.4, 0.5) is 13.2 Å². The molecule has 1 aliphatic heterocycles. The molecule has 1 aliphatic rings. The molecule has 0 unspecified atom stereocenters. The molecule has 0 saturated carbocycles. The van der Waals surface area contributed by atoms with E-state index in [0.717, 1.165) is 17.5 Å². The maximum atomic E-state index is 13.5. The van der Waals surface area contributed by atoms with Gasteiger partial charge in [0.05, 0.1) is 24.4 Å². The van der Waals surface area contributed by atoms with Gasteiger partial charge < -0.3 is 15.0 Å². The monoisotopic (exact) mass is 457 g/mol. The Morgan fingerprint density at radius 3 is 2.70 bits per heavy atom.